The van der Waals surface area contributed by atoms with E-state index in [2.05, 4.69) is 4.98 Å². The van der Waals surface area contributed by atoms with Crippen molar-refractivity contribution in [2.75, 3.05) is 20.2 Å². The molecule has 0 aromatic carbocycles. The van der Waals surface area contributed by atoms with Crippen molar-refractivity contribution in [3.05, 3.63) is 35.7 Å². The van der Waals surface area contributed by atoms with Gasteiger partial charge in [0.1, 0.15) is 0 Å². The minimum absolute atomic E-state index is 0.0991. The predicted molar refractivity (Wildman–Crippen MR) is 76.8 cm³/mol. The number of carbonyl (C=O) groups is 2. The Hall–Kier alpha value is -2.21. The number of rotatable bonds is 5. The number of pyridine rings is 1. The van der Waals surface area contributed by atoms with Gasteiger partial charge in [0.05, 0.1) is 11.7 Å². The zero-order valence-corrected chi connectivity index (χ0v) is 11.9. The molecule has 0 spiro atoms. The first-order valence-corrected chi connectivity index (χ1v) is 6.79. The van der Waals surface area contributed by atoms with E-state index in [9.17, 15) is 9.59 Å². The molecule has 2 rings (SSSR count). The van der Waals surface area contributed by atoms with E-state index >= 15 is 0 Å². The lowest BCUT2D eigenvalue weighted by Crippen LogP contribution is -2.34. The fraction of sp³-hybridized carbons (Fsp3) is 0.400. The van der Waals surface area contributed by atoms with E-state index in [1.807, 2.05) is 0 Å². The van der Waals surface area contributed by atoms with Crippen LogP contribution >= 0.6 is 0 Å². The van der Waals surface area contributed by atoms with Crippen molar-refractivity contribution in [3.8, 4) is 0 Å². The SMILES string of the molecule is CN(CC1CCCO1)C(=O)c1cncc(C=CC(=O)O)c1. The summed E-state index contributed by atoms with van der Waals surface area (Å²) in [4.78, 5) is 28.4. The highest BCUT2D eigenvalue weighted by molar-refractivity contribution is 5.94. The van der Waals surface area contributed by atoms with Crippen LogP contribution in [0.5, 0.6) is 0 Å². The Labute approximate surface area is 123 Å². The standard InChI is InChI=1S/C15H18N2O4/c1-17(10-13-3-2-6-21-13)15(20)12-7-11(8-16-9-12)4-5-14(18)19/h4-5,7-9,13H,2-3,6,10H2,1H3,(H,18,19). The van der Waals surface area contributed by atoms with Gasteiger partial charge in [-0.2, -0.15) is 0 Å². The van der Waals surface area contributed by atoms with E-state index in [-0.39, 0.29) is 12.0 Å². The van der Waals surface area contributed by atoms with Crippen molar-refractivity contribution in [2.24, 2.45) is 0 Å². The lowest BCUT2D eigenvalue weighted by Gasteiger charge is -2.20. The topological polar surface area (TPSA) is 79.7 Å². The number of aliphatic carboxylic acids is 1. The molecule has 1 N–H and O–H groups in total. The lowest BCUT2D eigenvalue weighted by molar-refractivity contribution is -0.131. The molecule has 0 aliphatic carbocycles. The lowest BCUT2D eigenvalue weighted by atomic mass is 10.1. The maximum absolute atomic E-state index is 12.3. The van der Waals surface area contributed by atoms with Gasteiger partial charge in [-0.3, -0.25) is 9.78 Å². The van der Waals surface area contributed by atoms with Gasteiger partial charge in [-0.1, -0.05) is 0 Å². The maximum Gasteiger partial charge on any atom is 0.328 e. The monoisotopic (exact) mass is 290 g/mol. The number of nitrogens with zero attached hydrogens (tertiary/aromatic N) is 2. The normalized spacial score (nSPS) is 18.0. The largest absolute Gasteiger partial charge is 0.478 e. The van der Waals surface area contributed by atoms with Crippen LogP contribution in [0, 0.1) is 0 Å². The average molecular weight is 290 g/mol. The van der Waals surface area contributed by atoms with E-state index in [1.165, 1.54) is 18.5 Å². The summed E-state index contributed by atoms with van der Waals surface area (Å²) in [5.74, 6) is -1.19. The van der Waals surface area contributed by atoms with Crippen LogP contribution in [0.1, 0.15) is 28.8 Å². The molecule has 6 nitrogen and oxygen atoms in total. The van der Waals surface area contributed by atoms with Crippen molar-refractivity contribution < 1.29 is 19.4 Å². The first-order chi connectivity index (χ1) is 10.1. The highest BCUT2D eigenvalue weighted by atomic mass is 16.5. The number of carbonyl (C=O) groups excluding carboxylic acids is 1. The van der Waals surface area contributed by atoms with Crippen LogP contribution in [-0.2, 0) is 9.53 Å². The van der Waals surface area contributed by atoms with Crippen LogP contribution < -0.4 is 0 Å². The van der Waals surface area contributed by atoms with Crippen LogP contribution in [0.25, 0.3) is 6.08 Å². The number of likely N-dealkylation sites (N-methyl/N-ethyl adjacent to an activating group) is 1. The van der Waals surface area contributed by atoms with Crippen LogP contribution in [-0.4, -0.2) is 53.2 Å². The molecule has 1 atom stereocenters. The van der Waals surface area contributed by atoms with Gasteiger partial charge in [0, 0.05) is 38.7 Å². The Kier molecular flexibility index (Phi) is 5.05. The van der Waals surface area contributed by atoms with Gasteiger partial charge in [-0.25, -0.2) is 4.79 Å². The number of amides is 1. The highest BCUT2D eigenvalue weighted by Gasteiger charge is 2.21. The van der Waals surface area contributed by atoms with Gasteiger partial charge in [-0.15, -0.1) is 0 Å². The quantitative estimate of drug-likeness (QED) is 0.830. The Morgan fingerprint density at radius 2 is 2.33 bits per heavy atom. The molecule has 21 heavy (non-hydrogen) atoms. The molecule has 1 saturated heterocycles. The third-order valence-corrected chi connectivity index (χ3v) is 3.27. The van der Waals surface area contributed by atoms with Crippen molar-refractivity contribution in [1.29, 1.82) is 0 Å². The van der Waals surface area contributed by atoms with E-state index in [0.29, 0.717) is 17.7 Å². The summed E-state index contributed by atoms with van der Waals surface area (Å²) in [5.41, 5.74) is 1.01. The molecular weight excluding hydrogens is 272 g/mol. The fourth-order valence-electron chi connectivity index (χ4n) is 2.23. The third kappa shape index (κ3) is 4.39. The average Bonchev–Trinajstić information content (AvgIpc) is 2.97. The molecule has 1 aliphatic heterocycles. The van der Waals surface area contributed by atoms with Gasteiger partial charge >= 0.3 is 5.97 Å². The highest BCUT2D eigenvalue weighted by Crippen LogP contribution is 2.14. The van der Waals surface area contributed by atoms with Crippen LogP contribution in [0.3, 0.4) is 0 Å². The minimum Gasteiger partial charge on any atom is -0.478 e. The minimum atomic E-state index is -1.04. The predicted octanol–water partition coefficient (Wildman–Crippen LogP) is 1.43. The van der Waals surface area contributed by atoms with Gasteiger partial charge in [-0.05, 0) is 30.5 Å². The zero-order chi connectivity index (χ0) is 15.2. The van der Waals surface area contributed by atoms with E-state index in [0.717, 1.165) is 25.5 Å². The number of hydrogen-bond donors (Lipinski definition) is 1. The second-order valence-electron chi connectivity index (χ2n) is 5.00. The number of hydrogen-bond acceptors (Lipinski definition) is 4. The molecular formula is C15H18N2O4. The molecule has 1 aliphatic rings. The molecule has 6 heteroatoms. The van der Waals surface area contributed by atoms with Gasteiger partial charge in [0.25, 0.3) is 5.91 Å². The number of carboxylic acids is 1. The van der Waals surface area contributed by atoms with E-state index in [4.69, 9.17) is 9.84 Å². The van der Waals surface area contributed by atoms with Crippen LogP contribution in [0.15, 0.2) is 24.5 Å². The van der Waals surface area contributed by atoms with E-state index < -0.39 is 5.97 Å². The van der Waals surface area contributed by atoms with Crippen molar-refractivity contribution in [3.63, 3.8) is 0 Å². The molecule has 1 amide bonds. The Morgan fingerprint density at radius 1 is 1.52 bits per heavy atom. The van der Waals surface area contributed by atoms with Gasteiger partial charge < -0.3 is 14.7 Å². The molecule has 0 radical (unpaired) electrons. The summed E-state index contributed by atoms with van der Waals surface area (Å²) < 4.78 is 5.51. The van der Waals surface area contributed by atoms with Crippen molar-refractivity contribution in [2.45, 2.75) is 18.9 Å². The molecule has 1 fully saturated rings. The summed E-state index contributed by atoms with van der Waals surface area (Å²) in [6, 6.07) is 1.63. The first kappa shape index (κ1) is 15.2. The summed E-state index contributed by atoms with van der Waals surface area (Å²) in [7, 11) is 1.73. The van der Waals surface area contributed by atoms with Crippen LogP contribution in [0.4, 0.5) is 0 Å². The summed E-state index contributed by atoms with van der Waals surface area (Å²) in [6.07, 6.45) is 7.51. The third-order valence-electron chi connectivity index (χ3n) is 3.27. The molecule has 0 saturated carbocycles. The molecule has 2 heterocycles. The van der Waals surface area contributed by atoms with Gasteiger partial charge in [0.15, 0.2) is 0 Å². The molecule has 1 aromatic heterocycles. The smallest absolute Gasteiger partial charge is 0.328 e. The fourth-order valence-corrected chi connectivity index (χ4v) is 2.23. The van der Waals surface area contributed by atoms with Crippen LogP contribution in [0.2, 0.25) is 0 Å². The number of aromatic nitrogens is 1. The zero-order valence-electron chi connectivity index (χ0n) is 11.9. The summed E-state index contributed by atoms with van der Waals surface area (Å²) in [6.45, 7) is 1.30. The molecule has 1 aromatic rings. The van der Waals surface area contributed by atoms with Gasteiger partial charge in [0.2, 0.25) is 0 Å². The Morgan fingerprint density at radius 3 is 3.00 bits per heavy atom. The van der Waals surface area contributed by atoms with Crippen molar-refractivity contribution in [1.82, 2.24) is 9.88 Å². The number of carboxylic acid groups (broad SMARTS) is 1. The second-order valence-corrected chi connectivity index (χ2v) is 5.00. The molecule has 0 bridgehead atoms. The number of ether oxygens (including phenoxy) is 1. The van der Waals surface area contributed by atoms with E-state index in [1.54, 1.807) is 18.0 Å². The Balaban J connectivity index is 2.04. The summed E-state index contributed by atoms with van der Waals surface area (Å²) >= 11 is 0. The first-order valence-electron chi connectivity index (χ1n) is 6.79. The van der Waals surface area contributed by atoms with Crippen molar-refractivity contribution >= 4 is 18.0 Å². The second kappa shape index (κ2) is 6.99. The Bertz CT molecular complexity index is 550. The summed E-state index contributed by atoms with van der Waals surface area (Å²) in [5, 5.41) is 8.60. The maximum atomic E-state index is 12.3. The molecule has 1 unspecified atom stereocenters. The molecule has 112 valence electrons.